The fourth-order valence-electron chi connectivity index (χ4n) is 1.54. The Morgan fingerprint density at radius 1 is 1.18 bits per heavy atom. The normalized spacial score (nSPS) is 10.7. The van der Waals surface area contributed by atoms with E-state index in [0.29, 0.717) is 11.3 Å². The summed E-state index contributed by atoms with van der Waals surface area (Å²) in [5, 5.41) is 5.39. The zero-order chi connectivity index (χ0) is 16.8. The number of hydrogen-bond donors (Lipinski definition) is 2. The van der Waals surface area contributed by atoms with E-state index in [2.05, 4.69) is 15.4 Å². The van der Waals surface area contributed by atoms with Crippen LogP contribution in [-0.2, 0) is 14.3 Å². The third-order valence-corrected chi connectivity index (χ3v) is 2.91. The lowest BCUT2D eigenvalue weighted by Crippen LogP contribution is -2.28. The van der Waals surface area contributed by atoms with Crippen molar-refractivity contribution in [1.82, 2.24) is 5.32 Å². The molecule has 0 spiro atoms. The number of amides is 2. The quantitative estimate of drug-likeness (QED) is 0.815. The monoisotopic (exact) mass is 306 g/mol. The number of nitrogens with one attached hydrogen (secondary N) is 2. The molecule has 1 aromatic rings. The topological polar surface area (TPSA) is 84.5 Å². The molecule has 120 valence electrons. The van der Waals surface area contributed by atoms with Gasteiger partial charge in [0, 0.05) is 23.2 Å². The second kappa shape index (κ2) is 7.59. The van der Waals surface area contributed by atoms with Gasteiger partial charge in [0.05, 0.1) is 13.5 Å². The standard InChI is InChI=1S/C16H22N2O4/c1-16(2,3)15(21)18-12-7-5-6-11(10-12)14(20)17-9-8-13(19)22-4/h5-7,10H,8-9H2,1-4H3,(H,17,20)(H,18,21). The largest absolute Gasteiger partial charge is 0.469 e. The van der Waals surface area contributed by atoms with E-state index in [0.717, 1.165) is 0 Å². The lowest BCUT2D eigenvalue weighted by molar-refractivity contribution is -0.140. The lowest BCUT2D eigenvalue weighted by atomic mass is 9.95. The van der Waals surface area contributed by atoms with Crippen molar-refractivity contribution in [3.05, 3.63) is 29.8 Å². The highest BCUT2D eigenvalue weighted by Gasteiger charge is 2.21. The minimum atomic E-state index is -0.515. The van der Waals surface area contributed by atoms with E-state index < -0.39 is 5.41 Å². The van der Waals surface area contributed by atoms with Gasteiger partial charge in [0.25, 0.3) is 5.91 Å². The Bertz CT molecular complexity index is 562. The number of rotatable bonds is 5. The van der Waals surface area contributed by atoms with E-state index in [1.54, 1.807) is 24.3 Å². The van der Waals surface area contributed by atoms with E-state index in [1.165, 1.54) is 7.11 Å². The maximum absolute atomic E-state index is 12.0. The smallest absolute Gasteiger partial charge is 0.307 e. The van der Waals surface area contributed by atoms with Crippen LogP contribution in [0.3, 0.4) is 0 Å². The van der Waals surface area contributed by atoms with Gasteiger partial charge in [-0.15, -0.1) is 0 Å². The van der Waals surface area contributed by atoms with Crippen LogP contribution < -0.4 is 10.6 Å². The Labute approximate surface area is 130 Å². The maximum atomic E-state index is 12.0. The number of benzene rings is 1. The fraction of sp³-hybridized carbons (Fsp3) is 0.438. The first-order chi connectivity index (χ1) is 10.2. The summed E-state index contributed by atoms with van der Waals surface area (Å²) in [5.41, 5.74) is 0.454. The third-order valence-electron chi connectivity index (χ3n) is 2.91. The second-order valence-corrected chi connectivity index (χ2v) is 5.87. The maximum Gasteiger partial charge on any atom is 0.307 e. The number of anilines is 1. The van der Waals surface area contributed by atoms with Crippen molar-refractivity contribution in [3.8, 4) is 0 Å². The average Bonchev–Trinajstić information content (AvgIpc) is 2.46. The molecule has 0 heterocycles. The highest BCUT2D eigenvalue weighted by Crippen LogP contribution is 2.18. The number of methoxy groups -OCH3 is 1. The Morgan fingerprint density at radius 3 is 2.45 bits per heavy atom. The summed E-state index contributed by atoms with van der Waals surface area (Å²) >= 11 is 0. The van der Waals surface area contributed by atoms with Crippen LogP contribution in [0.25, 0.3) is 0 Å². The molecule has 0 unspecified atom stereocenters. The predicted octanol–water partition coefficient (Wildman–Crippen LogP) is 1.96. The predicted molar refractivity (Wildman–Crippen MR) is 83.5 cm³/mol. The molecule has 0 aliphatic heterocycles. The first kappa shape index (κ1) is 17.7. The van der Waals surface area contributed by atoms with Crippen molar-refractivity contribution in [2.45, 2.75) is 27.2 Å². The molecule has 6 nitrogen and oxygen atoms in total. The number of hydrogen-bond acceptors (Lipinski definition) is 4. The summed E-state index contributed by atoms with van der Waals surface area (Å²) in [6.07, 6.45) is 0.114. The van der Waals surface area contributed by atoms with Crippen LogP contribution >= 0.6 is 0 Å². The molecule has 0 aliphatic rings. The highest BCUT2D eigenvalue weighted by atomic mass is 16.5. The molecule has 0 saturated heterocycles. The summed E-state index contributed by atoms with van der Waals surface area (Å²) in [7, 11) is 1.30. The van der Waals surface area contributed by atoms with E-state index >= 15 is 0 Å². The van der Waals surface area contributed by atoms with E-state index in [9.17, 15) is 14.4 Å². The number of ether oxygens (including phenoxy) is 1. The molecular weight excluding hydrogens is 284 g/mol. The Kier molecular flexibility index (Phi) is 6.10. The van der Waals surface area contributed by atoms with Gasteiger partial charge in [-0.3, -0.25) is 14.4 Å². The van der Waals surface area contributed by atoms with Crippen LogP contribution in [0.2, 0.25) is 0 Å². The minimum Gasteiger partial charge on any atom is -0.469 e. The van der Waals surface area contributed by atoms with Gasteiger partial charge in [-0.1, -0.05) is 26.8 Å². The zero-order valence-corrected chi connectivity index (χ0v) is 13.4. The number of carbonyl (C=O) groups excluding carboxylic acids is 3. The molecule has 22 heavy (non-hydrogen) atoms. The van der Waals surface area contributed by atoms with Crippen LogP contribution in [0.1, 0.15) is 37.6 Å². The summed E-state index contributed by atoms with van der Waals surface area (Å²) in [4.78, 5) is 34.9. The molecule has 0 aromatic heterocycles. The molecule has 6 heteroatoms. The van der Waals surface area contributed by atoms with Gasteiger partial charge in [-0.05, 0) is 18.2 Å². The van der Waals surface area contributed by atoms with Crippen molar-refractivity contribution in [3.63, 3.8) is 0 Å². The molecule has 1 rings (SSSR count). The zero-order valence-electron chi connectivity index (χ0n) is 13.4. The molecule has 0 bridgehead atoms. The molecule has 0 radical (unpaired) electrons. The highest BCUT2D eigenvalue weighted by molar-refractivity contribution is 5.98. The summed E-state index contributed by atoms with van der Waals surface area (Å²) in [5.74, 6) is -0.821. The molecule has 0 saturated carbocycles. The first-order valence-corrected chi connectivity index (χ1v) is 7.00. The van der Waals surface area contributed by atoms with Crippen molar-refractivity contribution in [2.75, 3.05) is 19.0 Å². The summed E-state index contributed by atoms with van der Waals surface area (Å²) in [6, 6.07) is 6.64. The molecule has 0 fully saturated rings. The number of esters is 1. The first-order valence-electron chi connectivity index (χ1n) is 7.00. The van der Waals surface area contributed by atoms with Crippen molar-refractivity contribution < 1.29 is 19.1 Å². The van der Waals surface area contributed by atoms with Crippen LogP contribution in [0, 0.1) is 5.41 Å². The summed E-state index contributed by atoms with van der Waals surface area (Å²) < 4.78 is 4.49. The molecule has 2 amide bonds. The molecule has 2 N–H and O–H groups in total. The van der Waals surface area contributed by atoms with E-state index in [-0.39, 0.29) is 30.7 Å². The van der Waals surface area contributed by atoms with E-state index in [1.807, 2.05) is 20.8 Å². The molecule has 0 atom stereocenters. The van der Waals surface area contributed by atoms with Gasteiger partial charge < -0.3 is 15.4 Å². The Morgan fingerprint density at radius 2 is 1.86 bits per heavy atom. The average molecular weight is 306 g/mol. The summed E-state index contributed by atoms with van der Waals surface area (Å²) in [6.45, 7) is 5.63. The van der Waals surface area contributed by atoms with Crippen LogP contribution in [0.4, 0.5) is 5.69 Å². The fourth-order valence-corrected chi connectivity index (χ4v) is 1.54. The van der Waals surface area contributed by atoms with Crippen molar-refractivity contribution in [2.24, 2.45) is 5.41 Å². The van der Waals surface area contributed by atoms with Gasteiger partial charge in [-0.2, -0.15) is 0 Å². The van der Waals surface area contributed by atoms with E-state index in [4.69, 9.17) is 0 Å². The van der Waals surface area contributed by atoms with Crippen molar-refractivity contribution in [1.29, 1.82) is 0 Å². The third kappa shape index (κ3) is 5.55. The lowest BCUT2D eigenvalue weighted by Gasteiger charge is -2.18. The van der Waals surface area contributed by atoms with Gasteiger partial charge >= 0.3 is 5.97 Å². The van der Waals surface area contributed by atoms with Crippen LogP contribution in [0.5, 0.6) is 0 Å². The van der Waals surface area contributed by atoms with Crippen LogP contribution in [0.15, 0.2) is 24.3 Å². The second-order valence-electron chi connectivity index (χ2n) is 5.87. The molecular formula is C16H22N2O4. The van der Waals surface area contributed by atoms with Crippen LogP contribution in [-0.4, -0.2) is 31.4 Å². The number of carbonyl (C=O) groups is 3. The Balaban J connectivity index is 2.65. The molecule has 0 aliphatic carbocycles. The SMILES string of the molecule is COC(=O)CCNC(=O)c1cccc(NC(=O)C(C)(C)C)c1. The molecule has 1 aromatic carbocycles. The van der Waals surface area contributed by atoms with Gasteiger partial charge in [0.2, 0.25) is 5.91 Å². The van der Waals surface area contributed by atoms with Crippen molar-refractivity contribution >= 4 is 23.5 Å². The van der Waals surface area contributed by atoms with Gasteiger partial charge in [-0.25, -0.2) is 0 Å². The Hall–Kier alpha value is -2.37. The van der Waals surface area contributed by atoms with Gasteiger partial charge in [0.15, 0.2) is 0 Å². The van der Waals surface area contributed by atoms with Gasteiger partial charge in [0.1, 0.15) is 0 Å². The minimum absolute atomic E-state index is 0.114.